The Morgan fingerprint density at radius 3 is 2.39 bits per heavy atom. The van der Waals surface area contributed by atoms with Crippen LogP contribution in [0.25, 0.3) is 0 Å². The number of ether oxygens (including phenoxy) is 1. The van der Waals surface area contributed by atoms with Gasteiger partial charge in [0.1, 0.15) is 18.5 Å². The molecule has 18 heavy (non-hydrogen) atoms. The van der Waals surface area contributed by atoms with Gasteiger partial charge >= 0.3 is 0 Å². The van der Waals surface area contributed by atoms with E-state index in [-0.39, 0.29) is 6.61 Å². The summed E-state index contributed by atoms with van der Waals surface area (Å²) in [6, 6.07) is 7.60. The molecule has 0 aliphatic carbocycles. The Balaban J connectivity index is 2.24. The fourth-order valence-electron chi connectivity index (χ4n) is 1.66. The van der Waals surface area contributed by atoms with Crippen LogP contribution < -0.4 is 10.1 Å². The number of hydrogen-bond acceptors (Lipinski definition) is 3. The third-order valence-corrected chi connectivity index (χ3v) is 3.14. The van der Waals surface area contributed by atoms with E-state index in [9.17, 15) is 5.11 Å². The van der Waals surface area contributed by atoms with Gasteiger partial charge in [0, 0.05) is 17.6 Å². The van der Waals surface area contributed by atoms with Crippen molar-refractivity contribution in [1.29, 1.82) is 0 Å². The molecule has 4 heteroatoms. The molecule has 1 rings (SSSR count). The molecule has 0 amide bonds. The quantitative estimate of drug-likeness (QED) is 0.764. The number of rotatable bonds is 8. The van der Waals surface area contributed by atoms with Crippen LogP contribution in [-0.2, 0) is 0 Å². The van der Waals surface area contributed by atoms with Gasteiger partial charge in [-0.25, -0.2) is 0 Å². The van der Waals surface area contributed by atoms with Crippen molar-refractivity contribution in [1.82, 2.24) is 5.32 Å². The molecule has 102 valence electrons. The molecular weight excluding hydrogens is 250 g/mol. The summed E-state index contributed by atoms with van der Waals surface area (Å²) in [7, 11) is 0. The second-order valence-corrected chi connectivity index (χ2v) is 4.78. The van der Waals surface area contributed by atoms with Crippen LogP contribution in [0.15, 0.2) is 24.3 Å². The molecule has 3 nitrogen and oxygen atoms in total. The fraction of sp³-hybridized carbons (Fsp3) is 0.571. The third-order valence-electron chi connectivity index (χ3n) is 2.88. The highest BCUT2D eigenvalue weighted by Gasteiger charge is 2.08. The minimum atomic E-state index is -0.499. The molecule has 0 saturated carbocycles. The molecule has 0 saturated heterocycles. The number of nitrogens with one attached hydrogen (secondary N) is 1. The van der Waals surface area contributed by atoms with Crippen LogP contribution in [-0.4, -0.2) is 30.4 Å². The second-order valence-electron chi connectivity index (χ2n) is 4.34. The van der Waals surface area contributed by atoms with E-state index in [1.54, 1.807) is 24.3 Å². The average Bonchev–Trinajstić information content (AvgIpc) is 2.39. The summed E-state index contributed by atoms with van der Waals surface area (Å²) >= 11 is 5.78. The first-order valence-corrected chi connectivity index (χ1v) is 6.83. The van der Waals surface area contributed by atoms with E-state index in [2.05, 4.69) is 19.2 Å². The van der Waals surface area contributed by atoms with Crippen molar-refractivity contribution in [3.05, 3.63) is 29.3 Å². The Hall–Kier alpha value is -0.770. The molecule has 0 bridgehead atoms. The van der Waals surface area contributed by atoms with Crippen LogP contribution in [0.4, 0.5) is 0 Å². The SMILES string of the molecule is CCC(CC)NCC(O)COc1ccc(Cl)cc1. The zero-order chi connectivity index (χ0) is 13.4. The molecule has 0 aromatic heterocycles. The van der Waals surface area contributed by atoms with Crippen LogP contribution in [0.3, 0.4) is 0 Å². The van der Waals surface area contributed by atoms with Gasteiger partial charge in [0.15, 0.2) is 0 Å². The highest BCUT2D eigenvalue weighted by atomic mass is 35.5. The first kappa shape index (κ1) is 15.3. The standard InChI is InChI=1S/C14H22ClNO2/c1-3-12(4-2)16-9-13(17)10-18-14-7-5-11(15)6-8-14/h5-8,12-13,16-17H,3-4,9-10H2,1-2H3. The number of hydrogen-bond donors (Lipinski definition) is 2. The lowest BCUT2D eigenvalue weighted by molar-refractivity contribution is 0.103. The van der Waals surface area contributed by atoms with E-state index in [0.717, 1.165) is 18.6 Å². The summed E-state index contributed by atoms with van der Waals surface area (Å²) in [5.74, 6) is 0.723. The Morgan fingerprint density at radius 1 is 1.22 bits per heavy atom. The first-order valence-electron chi connectivity index (χ1n) is 6.45. The molecule has 0 fully saturated rings. The Bertz CT molecular complexity index is 325. The summed E-state index contributed by atoms with van der Waals surface area (Å²) in [6.07, 6.45) is 1.64. The van der Waals surface area contributed by atoms with Gasteiger partial charge in [-0.15, -0.1) is 0 Å². The van der Waals surface area contributed by atoms with Gasteiger partial charge in [0.25, 0.3) is 0 Å². The van der Waals surface area contributed by atoms with Crippen LogP contribution >= 0.6 is 11.6 Å². The van der Waals surface area contributed by atoms with Crippen LogP contribution in [0.1, 0.15) is 26.7 Å². The predicted molar refractivity (Wildman–Crippen MR) is 75.3 cm³/mol. The zero-order valence-corrected chi connectivity index (χ0v) is 11.8. The topological polar surface area (TPSA) is 41.5 Å². The average molecular weight is 272 g/mol. The molecule has 0 radical (unpaired) electrons. The summed E-state index contributed by atoms with van der Waals surface area (Å²) in [5.41, 5.74) is 0. The maximum absolute atomic E-state index is 9.79. The van der Waals surface area contributed by atoms with E-state index in [4.69, 9.17) is 16.3 Å². The van der Waals surface area contributed by atoms with E-state index in [0.29, 0.717) is 17.6 Å². The van der Waals surface area contributed by atoms with Crippen molar-refractivity contribution >= 4 is 11.6 Å². The minimum Gasteiger partial charge on any atom is -0.491 e. The zero-order valence-electron chi connectivity index (χ0n) is 11.0. The highest BCUT2D eigenvalue weighted by Crippen LogP contribution is 2.15. The number of halogens is 1. The van der Waals surface area contributed by atoms with Crippen molar-refractivity contribution in [3.63, 3.8) is 0 Å². The van der Waals surface area contributed by atoms with Gasteiger partial charge in [-0.05, 0) is 37.1 Å². The largest absolute Gasteiger partial charge is 0.491 e. The normalized spacial score (nSPS) is 12.7. The van der Waals surface area contributed by atoms with E-state index in [1.165, 1.54) is 0 Å². The molecule has 0 aliphatic rings. The van der Waals surface area contributed by atoms with Gasteiger partial charge in [0.05, 0.1) is 0 Å². The smallest absolute Gasteiger partial charge is 0.119 e. The molecule has 1 atom stereocenters. The molecule has 1 aromatic carbocycles. The summed E-state index contributed by atoms with van der Waals surface area (Å²) in [6.45, 7) is 5.12. The summed E-state index contributed by atoms with van der Waals surface area (Å²) in [5, 5.41) is 13.8. The fourth-order valence-corrected chi connectivity index (χ4v) is 1.79. The molecule has 0 spiro atoms. The molecule has 1 unspecified atom stereocenters. The Kier molecular flexibility index (Phi) is 7.09. The van der Waals surface area contributed by atoms with Gasteiger partial charge in [-0.3, -0.25) is 0 Å². The Labute approximate surface area is 114 Å². The van der Waals surface area contributed by atoms with Crippen molar-refractivity contribution in [2.75, 3.05) is 13.2 Å². The van der Waals surface area contributed by atoms with Crippen LogP contribution in [0, 0.1) is 0 Å². The summed E-state index contributed by atoms with van der Waals surface area (Å²) < 4.78 is 5.47. The molecule has 2 N–H and O–H groups in total. The number of benzene rings is 1. The van der Waals surface area contributed by atoms with E-state index in [1.807, 2.05) is 0 Å². The van der Waals surface area contributed by atoms with Crippen molar-refractivity contribution in [2.45, 2.75) is 38.8 Å². The Morgan fingerprint density at radius 2 is 1.83 bits per heavy atom. The highest BCUT2D eigenvalue weighted by molar-refractivity contribution is 6.30. The maximum atomic E-state index is 9.79. The van der Waals surface area contributed by atoms with Crippen molar-refractivity contribution in [2.24, 2.45) is 0 Å². The molecule has 1 aromatic rings. The third kappa shape index (κ3) is 5.71. The van der Waals surface area contributed by atoms with E-state index >= 15 is 0 Å². The maximum Gasteiger partial charge on any atom is 0.119 e. The summed E-state index contributed by atoms with van der Waals surface area (Å²) in [4.78, 5) is 0. The van der Waals surface area contributed by atoms with Gasteiger partial charge in [-0.1, -0.05) is 25.4 Å². The molecule has 0 heterocycles. The van der Waals surface area contributed by atoms with Gasteiger partial charge in [0.2, 0.25) is 0 Å². The van der Waals surface area contributed by atoms with Crippen molar-refractivity contribution < 1.29 is 9.84 Å². The molecule has 0 aliphatic heterocycles. The number of aliphatic hydroxyl groups is 1. The van der Waals surface area contributed by atoms with Crippen LogP contribution in [0.5, 0.6) is 5.75 Å². The first-order chi connectivity index (χ1) is 8.65. The van der Waals surface area contributed by atoms with E-state index < -0.39 is 6.10 Å². The predicted octanol–water partition coefficient (Wildman–Crippen LogP) is 2.86. The lowest BCUT2D eigenvalue weighted by atomic mass is 10.1. The molecular formula is C14H22ClNO2. The number of aliphatic hydroxyl groups excluding tert-OH is 1. The minimum absolute atomic E-state index is 0.286. The second kappa shape index (κ2) is 8.35. The monoisotopic (exact) mass is 271 g/mol. The van der Waals surface area contributed by atoms with Crippen LogP contribution in [0.2, 0.25) is 5.02 Å². The van der Waals surface area contributed by atoms with Gasteiger partial charge < -0.3 is 15.2 Å². The van der Waals surface area contributed by atoms with Gasteiger partial charge in [-0.2, -0.15) is 0 Å². The lowest BCUT2D eigenvalue weighted by Gasteiger charge is -2.18. The van der Waals surface area contributed by atoms with Crippen molar-refractivity contribution in [3.8, 4) is 5.75 Å². The lowest BCUT2D eigenvalue weighted by Crippen LogP contribution is -2.37.